The summed E-state index contributed by atoms with van der Waals surface area (Å²) in [5.74, 6) is -0.790. The highest BCUT2D eigenvalue weighted by atomic mass is 16.7. The Hall–Kier alpha value is -2.34. The minimum Gasteiger partial charge on any atom is -0.432 e. The number of esters is 1. The molecule has 8 heteroatoms. The first-order chi connectivity index (χ1) is 22.8. The number of hydrogen-bond donors (Lipinski definition) is 0. The zero-order valence-electron chi connectivity index (χ0n) is 31.7. The van der Waals surface area contributed by atoms with Crippen molar-refractivity contribution in [2.75, 3.05) is 14.2 Å². The molecule has 5 aliphatic carbocycles. The number of hydrogen-bond acceptors (Lipinski definition) is 7. The molecule has 12 atom stereocenters. The molecule has 270 valence electrons. The van der Waals surface area contributed by atoms with Crippen LogP contribution in [0.2, 0.25) is 0 Å². The van der Waals surface area contributed by atoms with Gasteiger partial charge in [-0.15, -0.1) is 0 Å². The molecular formula is C41H59NO7. The van der Waals surface area contributed by atoms with Gasteiger partial charge in [0.2, 0.25) is 12.0 Å². The van der Waals surface area contributed by atoms with Gasteiger partial charge in [-0.25, -0.2) is 4.85 Å². The van der Waals surface area contributed by atoms with Crippen LogP contribution in [0.3, 0.4) is 0 Å². The van der Waals surface area contributed by atoms with Crippen LogP contribution in [0.15, 0.2) is 23.4 Å². The Morgan fingerprint density at radius 1 is 0.980 bits per heavy atom. The fourth-order valence-corrected chi connectivity index (χ4v) is 12.4. The van der Waals surface area contributed by atoms with Crippen molar-refractivity contribution in [2.45, 2.75) is 138 Å². The molecule has 49 heavy (non-hydrogen) atoms. The number of ketones is 2. The number of carbonyl (C=O) groups excluding carboxylic acids is 3. The summed E-state index contributed by atoms with van der Waals surface area (Å²) in [6.07, 6.45) is 7.97. The lowest BCUT2D eigenvalue weighted by Crippen LogP contribution is -2.66. The number of carbonyl (C=O) groups is 3. The van der Waals surface area contributed by atoms with Gasteiger partial charge in [0, 0.05) is 36.9 Å². The molecule has 8 nitrogen and oxygen atoms in total. The third-order valence-corrected chi connectivity index (χ3v) is 15.4. The fraction of sp³-hybridized carbons (Fsp3) is 0.805. The largest absolute Gasteiger partial charge is 0.432 e. The number of Topliss-reactive ketones (excluding diaryl/α,β-unsaturated/α-hetero) is 1. The van der Waals surface area contributed by atoms with E-state index in [-0.39, 0.29) is 69.9 Å². The normalized spacial score (nSPS) is 46.9. The third kappa shape index (κ3) is 4.95. The van der Waals surface area contributed by atoms with E-state index in [1.165, 1.54) is 0 Å². The highest BCUT2D eigenvalue weighted by Crippen LogP contribution is 2.74. The molecule has 3 saturated carbocycles. The molecule has 0 bridgehead atoms. The molecular weight excluding hydrogens is 618 g/mol. The number of fused-ring (bicyclic) bond motifs is 7. The Bertz CT molecular complexity index is 1520. The summed E-state index contributed by atoms with van der Waals surface area (Å²) in [5, 5.41) is 0. The van der Waals surface area contributed by atoms with E-state index in [9.17, 15) is 14.4 Å². The first-order valence-electron chi connectivity index (χ1n) is 18.7. The molecule has 6 rings (SSSR count). The van der Waals surface area contributed by atoms with E-state index >= 15 is 0 Å². The molecule has 1 saturated heterocycles. The van der Waals surface area contributed by atoms with Gasteiger partial charge in [0.1, 0.15) is 6.10 Å². The first kappa shape index (κ1) is 36.5. The van der Waals surface area contributed by atoms with Gasteiger partial charge in [-0.2, -0.15) is 0 Å². The lowest BCUT2D eigenvalue weighted by molar-refractivity contribution is -0.291. The number of methoxy groups -OCH3 is 2. The maximum absolute atomic E-state index is 14.9. The van der Waals surface area contributed by atoms with Crippen LogP contribution in [0.4, 0.5) is 0 Å². The first-order valence-corrected chi connectivity index (χ1v) is 18.7. The molecule has 4 fully saturated rings. The topological polar surface area (TPSA) is 92.5 Å². The zero-order chi connectivity index (χ0) is 36.1. The van der Waals surface area contributed by atoms with Crippen LogP contribution in [0.25, 0.3) is 4.85 Å². The maximum atomic E-state index is 14.9. The van der Waals surface area contributed by atoms with Crippen LogP contribution in [0.1, 0.15) is 114 Å². The molecule has 12 unspecified atom stereocenters. The van der Waals surface area contributed by atoms with Crippen molar-refractivity contribution in [2.24, 2.45) is 56.2 Å². The second-order valence-electron chi connectivity index (χ2n) is 18.5. The van der Waals surface area contributed by atoms with Gasteiger partial charge < -0.3 is 23.7 Å². The van der Waals surface area contributed by atoms with E-state index in [0.29, 0.717) is 19.3 Å². The zero-order valence-corrected chi connectivity index (χ0v) is 31.7. The van der Waals surface area contributed by atoms with E-state index in [2.05, 4.69) is 53.3 Å². The van der Waals surface area contributed by atoms with E-state index < -0.39 is 34.1 Å². The summed E-state index contributed by atoms with van der Waals surface area (Å²) in [6, 6.07) is 0. The third-order valence-electron chi connectivity index (χ3n) is 15.4. The van der Waals surface area contributed by atoms with Crippen molar-refractivity contribution in [1.82, 2.24) is 0 Å². The Kier molecular flexibility index (Phi) is 8.82. The van der Waals surface area contributed by atoms with Gasteiger partial charge in [-0.05, 0) is 85.5 Å². The standard InChI is InChI=1S/C41H59NO7/c1-13-27-23(2)31(46-11)32(47-12)34(48-27)49-35(45)41-18-16-36(3,4)21-24(41)30-26(43)20-29-38(7)22-25(42-10)33(44)37(5,6)28(38)14-15-39(29,8)40(30,9)17-19-41/h20,22-24,27-28,30-32,34H,13-19,21H2,1-9,11-12H3. The van der Waals surface area contributed by atoms with Gasteiger partial charge in [0.25, 0.3) is 0 Å². The number of allylic oxidation sites excluding steroid dienone is 4. The van der Waals surface area contributed by atoms with Crippen molar-refractivity contribution in [3.8, 4) is 0 Å². The smallest absolute Gasteiger partial charge is 0.314 e. The molecule has 0 aromatic rings. The van der Waals surface area contributed by atoms with Crippen LogP contribution < -0.4 is 0 Å². The molecule has 0 aromatic heterocycles. The van der Waals surface area contributed by atoms with Gasteiger partial charge in [-0.3, -0.25) is 9.59 Å². The van der Waals surface area contributed by atoms with E-state index in [1.807, 2.05) is 26.0 Å². The van der Waals surface area contributed by atoms with Crippen LogP contribution in [0.5, 0.6) is 0 Å². The second kappa shape index (κ2) is 11.9. The Morgan fingerprint density at radius 3 is 2.24 bits per heavy atom. The SMILES string of the molecule is [C-]#[N+]C1=CC2(C)C3=CC(=O)C4C5CC(C)(C)CCC5(C(=O)OC5OC(CC)C(C)C(OC)C5OC)CCC4(C)C3(C)CCC2C(C)(C)C1=O. The van der Waals surface area contributed by atoms with Crippen molar-refractivity contribution >= 4 is 17.5 Å². The average Bonchev–Trinajstić information content (AvgIpc) is 3.04. The second-order valence-corrected chi connectivity index (χ2v) is 18.5. The summed E-state index contributed by atoms with van der Waals surface area (Å²) in [7, 11) is 3.27. The monoisotopic (exact) mass is 677 g/mol. The fourth-order valence-electron chi connectivity index (χ4n) is 12.4. The summed E-state index contributed by atoms with van der Waals surface area (Å²) < 4.78 is 24.6. The summed E-state index contributed by atoms with van der Waals surface area (Å²) in [4.78, 5) is 46.8. The van der Waals surface area contributed by atoms with Gasteiger partial charge in [-0.1, -0.05) is 74.0 Å². The van der Waals surface area contributed by atoms with Crippen LogP contribution in [-0.2, 0) is 33.3 Å². The molecule has 1 heterocycles. The number of nitrogens with zero attached hydrogens (tertiary/aromatic N) is 1. The Labute approximate surface area is 293 Å². The molecule has 0 spiro atoms. The van der Waals surface area contributed by atoms with Crippen molar-refractivity contribution in [3.63, 3.8) is 0 Å². The Morgan fingerprint density at radius 2 is 1.63 bits per heavy atom. The summed E-state index contributed by atoms with van der Waals surface area (Å²) in [6.45, 7) is 27.2. The summed E-state index contributed by atoms with van der Waals surface area (Å²) in [5.41, 5.74) is -1.67. The minimum atomic E-state index is -0.899. The van der Waals surface area contributed by atoms with Crippen molar-refractivity contribution in [3.05, 3.63) is 34.8 Å². The Balaban J connectivity index is 1.42. The lowest BCUT2D eigenvalue weighted by atomic mass is 9.34. The summed E-state index contributed by atoms with van der Waals surface area (Å²) >= 11 is 0. The van der Waals surface area contributed by atoms with Crippen molar-refractivity contribution in [1.29, 1.82) is 0 Å². The molecule has 6 aliphatic rings. The van der Waals surface area contributed by atoms with Gasteiger partial charge >= 0.3 is 5.97 Å². The van der Waals surface area contributed by atoms with Crippen LogP contribution in [-0.4, -0.2) is 56.4 Å². The van der Waals surface area contributed by atoms with Crippen molar-refractivity contribution < 1.29 is 33.3 Å². The van der Waals surface area contributed by atoms with E-state index in [0.717, 1.165) is 37.7 Å². The molecule has 0 amide bonds. The van der Waals surface area contributed by atoms with Gasteiger partial charge in [0.15, 0.2) is 11.6 Å². The lowest BCUT2D eigenvalue weighted by Gasteiger charge is -2.69. The molecule has 0 radical (unpaired) electrons. The minimum absolute atomic E-state index is 0.00800. The molecule has 1 aliphatic heterocycles. The van der Waals surface area contributed by atoms with E-state index in [4.69, 9.17) is 25.5 Å². The highest BCUT2D eigenvalue weighted by Gasteiger charge is 2.71. The average molecular weight is 678 g/mol. The molecule has 0 aromatic carbocycles. The quantitative estimate of drug-likeness (QED) is 0.216. The highest BCUT2D eigenvalue weighted by molar-refractivity contribution is 6.03. The van der Waals surface area contributed by atoms with Crippen LogP contribution in [0, 0.1) is 62.7 Å². The van der Waals surface area contributed by atoms with Crippen LogP contribution >= 0.6 is 0 Å². The predicted octanol–water partition coefficient (Wildman–Crippen LogP) is 7.90. The predicted molar refractivity (Wildman–Crippen MR) is 186 cm³/mol. The van der Waals surface area contributed by atoms with Gasteiger partial charge in [0.05, 0.1) is 24.2 Å². The number of rotatable bonds is 5. The van der Waals surface area contributed by atoms with E-state index in [1.54, 1.807) is 14.2 Å². The maximum Gasteiger partial charge on any atom is 0.314 e. The molecule has 0 N–H and O–H groups in total. The number of ether oxygens (including phenoxy) is 4.